The van der Waals surface area contributed by atoms with Crippen LogP contribution in [0.4, 0.5) is 11.4 Å². The normalized spacial score (nSPS) is 10.1. The van der Waals surface area contributed by atoms with Crippen LogP contribution in [0.1, 0.15) is 10.4 Å². The second-order valence-corrected chi connectivity index (χ2v) is 4.47. The summed E-state index contributed by atoms with van der Waals surface area (Å²) in [5, 5.41) is 11.3. The minimum Gasteiger partial charge on any atom is -0.446 e. The highest BCUT2D eigenvalue weighted by atomic mass is 35.5. The van der Waals surface area contributed by atoms with Crippen molar-refractivity contribution in [2.75, 3.05) is 5.73 Å². The lowest BCUT2D eigenvalue weighted by Gasteiger charge is -2.10. The van der Waals surface area contributed by atoms with E-state index in [-0.39, 0.29) is 27.8 Å². The van der Waals surface area contributed by atoms with E-state index in [1.54, 1.807) is 12.1 Å². The Morgan fingerprint density at radius 3 is 2.57 bits per heavy atom. The highest BCUT2D eigenvalue weighted by Gasteiger charge is 2.20. The molecule has 0 aliphatic carbocycles. The van der Waals surface area contributed by atoms with Gasteiger partial charge in [0.2, 0.25) is 11.7 Å². The van der Waals surface area contributed by atoms with Gasteiger partial charge in [-0.15, -0.1) is 0 Å². The van der Waals surface area contributed by atoms with E-state index in [9.17, 15) is 14.9 Å². The molecular weight excluding hydrogens is 298 g/mol. The fourth-order valence-corrected chi connectivity index (χ4v) is 1.86. The lowest BCUT2D eigenvalue weighted by molar-refractivity contribution is -0.385. The van der Waals surface area contributed by atoms with Crippen LogP contribution in [0.15, 0.2) is 36.4 Å². The first kappa shape index (κ1) is 14.6. The van der Waals surface area contributed by atoms with Crippen LogP contribution in [0, 0.1) is 10.1 Å². The van der Waals surface area contributed by atoms with Crippen molar-refractivity contribution in [3.63, 3.8) is 0 Å². The number of nitrogens with two attached hydrogens (primary N) is 2. The third-order valence-corrected chi connectivity index (χ3v) is 2.95. The number of halogens is 1. The summed E-state index contributed by atoms with van der Waals surface area (Å²) in [6, 6.07) is 8.32. The van der Waals surface area contributed by atoms with E-state index in [1.807, 2.05) is 0 Å². The Kier molecular flexibility index (Phi) is 3.95. The quantitative estimate of drug-likeness (QED) is 0.511. The molecule has 0 fully saturated rings. The molecule has 21 heavy (non-hydrogen) atoms. The van der Waals surface area contributed by atoms with Gasteiger partial charge in [-0.25, -0.2) is 0 Å². The van der Waals surface area contributed by atoms with Crippen molar-refractivity contribution in [1.82, 2.24) is 0 Å². The minimum absolute atomic E-state index is 0.00109. The molecule has 2 aromatic carbocycles. The summed E-state index contributed by atoms with van der Waals surface area (Å²) in [5.74, 6) is -0.763. The Balaban J connectivity index is 2.49. The smallest absolute Gasteiger partial charge is 0.312 e. The zero-order valence-corrected chi connectivity index (χ0v) is 11.3. The van der Waals surface area contributed by atoms with Gasteiger partial charge in [-0.05, 0) is 24.3 Å². The lowest BCUT2D eigenvalue weighted by atomic mass is 10.2. The van der Waals surface area contributed by atoms with Crippen LogP contribution in [-0.2, 0) is 0 Å². The van der Waals surface area contributed by atoms with Gasteiger partial charge in [0.05, 0.1) is 15.6 Å². The fourth-order valence-electron chi connectivity index (χ4n) is 1.64. The minimum atomic E-state index is -0.776. The van der Waals surface area contributed by atoms with Gasteiger partial charge in [0.25, 0.3) is 0 Å². The number of ether oxygens (including phenoxy) is 1. The van der Waals surface area contributed by atoms with Crippen LogP contribution in [-0.4, -0.2) is 10.8 Å². The van der Waals surface area contributed by atoms with Crippen LogP contribution in [0.3, 0.4) is 0 Å². The summed E-state index contributed by atoms with van der Waals surface area (Å²) in [7, 11) is 0. The highest BCUT2D eigenvalue weighted by molar-refractivity contribution is 6.32. The summed E-state index contributed by atoms with van der Waals surface area (Å²) < 4.78 is 5.42. The molecule has 108 valence electrons. The van der Waals surface area contributed by atoms with Crippen molar-refractivity contribution in [3.8, 4) is 11.5 Å². The molecule has 0 atom stereocenters. The molecule has 2 aromatic rings. The largest absolute Gasteiger partial charge is 0.446 e. The maximum atomic E-state index is 11.1. The van der Waals surface area contributed by atoms with Crippen molar-refractivity contribution in [3.05, 3.63) is 57.1 Å². The standard InChI is InChI=1S/C13H10ClN3O4/c14-8-2-1-3-9(15)12(8)21-11-5-4-7(13(16)18)6-10(11)17(19)20/h1-6H,15H2,(H2,16,18). The number of hydrogen-bond donors (Lipinski definition) is 2. The Hall–Kier alpha value is -2.80. The number of rotatable bonds is 4. The van der Waals surface area contributed by atoms with Gasteiger partial charge in [0.1, 0.15) is 0 Å². The second-order valence-electron chi connectivity index (χ2n) is 4.06. The molecule has 0 saturated heterocycles. The Morgan fingerprint density at radius 1 is 1.29 bits per heavy atom. The molecule has 2 rings (SSSR count). The number of para-hydroxylation sites is 1. The summed E-state index contributed by atoms with van der Waals surface area (Å²) in [4.78, 5) is 21.5. The molecule has 1 amide bonds. The average Bonchev–Trinajstić information content (AvgIpc) is 2.42. The van der Waals surface area contributed by atoms with Crippen molar-refractivity contribution in [2.24, 2.45) is 5.73 Å². The van der Waals surface area contributed by atoms with E-state index in [4.69, 9.17) is 27.8 Å². The van der Waals surface area contributed by atoms with E-state index in [1.165, 1.54) is 18.2 Å². The van der Waals surface area contributed by atoms with Gasteiger partial charge in [0.15, 0.2) is 5.75 Å². The molecule has 0 aromatic heterocycles. The Morgan fingerprint density at radius 2 is 2.00 bits per heavy atom. The lowest BCUT2D eigenvalue weighted by Crippen LogP contribution is -2.11. The topological polar surface area (TPSA) is 121 Å². The molecule has 0 bridgehead atoms. The number of hydrogen-bond acceptors (Lipinski definition) is 5. The predicted molar refractivity (Wildman–Crippen MR) is 77.6 cm³/mol. The number of primary amides is 1. The molecular formula is C13H10ClN3O4. The predicted octanol–water partition coefficient (Wildman–Crippen LogP) is 2.72. The molecule has 0 radical (unpaired) electrons. The first-order valence-corrected chi connectivity index (χ1v) is 6.08. The number of nitro benzene ring substituents is 1. The van der Waals surface area contributed by atoms with Crippen LogP contribution in [0.25, 0.3) is 0 Å². The van der Waals surface area contributed by atoms with Gasteiger partial charge >= 0.3 is 5.69 Å². The van der Waals surface area contributed by atoms with E-state index in [2.05, 4.69) is 0 Å². The van der Waals surface area contributed by atoms with Gasteiger partial charge in [-0.2, -0.15) is 0 Å². The molecule has 0 spiro atoms. The van der Waals surface area contributed by atoms with E-state index >= 15 is 0 Å². The summed E-state index contributed by atoms with van der Waals surface area (Å²) in [5.41, 5.74) is 10.6. The molecule has 4 N–H and O–H groups in total. The Labute approximate surface area is 124 Å². The third kappa shape index (κ3) is 3.03. The third-order valence-electron chi connectivity index (χ3n) is 2.65. The van der Waals surface area contributed by atoms with Crippen molar-refractivity contribution in [2.45, 2.75) is 0 Å². The van der Waals surface area contributed by atoms with Crippen molar-refractivity contribution < 1.29 is 14.5 Å². The first-order valence-electron chi connectivity index (χ1n) is 5.70. The van der Waals surface area contributed by atoms with Crippen molar-refractivity contribution in [1.29, 1.82) is 0 Å². The number of amides is 1. The number of nitrogen functional groups attached to an aromatic ring is 1. The van der Waals surface area contributed by atoms with E-state index in [0.717, 1.165) is 6.07 Å². The SMILES string of the molecule is NC(=O)c1ccc(Oc2c(N)cccc2Cl)c([N+](=O)[O-])c1. The van der Waals surface area contributed by atoms with E-state index < -0.39 is 16.5 Å². The van der Waals surface area contributed by atoms with E-state index in [0.29, 0.717) is 0 Å². The number of nitrogens with zero attached hydrogens (tertiary/aromatic N) is 1. The van der Waals surface area contributed by atoms with Gasteiger partial charge in [-0.1, -0.05) is 17.7 Å². The summed E-state index contributed by atoms with van der Waals surface area (Å²) >= 11 is 5.94. The van der Waals surface area contributed by atoms with Gasteiger partial charge in [-0.3, -0.25) is 14.9 Å². The highest BCUT2D eigenvalue weighted by Crippen LogP contribution is 2.38. The van der Waals surface area contributed by atoms with Gasteiger partial charge in [0, 0.05) is 11.6 Å². The molecule has 0 aliphatic rings. The van der Waals surface area contributed by atoms with Crippen LogP contribution in [0.5, 0.6) is 11.5 Å². The number of carbonyl (C=O) groups excluding carboxylic acids is 1. The average molecular weight is 308 g/mol. The van der Waals surface area contributed by atoms with Crippen LogP contribution >= 0.6 is 11.6 Å². The molecule has 0 aliphatic heterocycles. The number of carbonyl (C=O) groups is 1. The molecule has 7 nitrogen and oxygen atoms in total. The number of anilines is 1. The van der Waals surface area contributed by atoms with Crippen LogP contribution < -0.4 is 16.2 Å². The maximum Gasteiger partial charge on any atom is 0.312 e. The summed E-state index contributed by atoms with van der Waals surface area (Å²) in [6.45, 7) is 0. The second kappa shape index (κ2) is 5.68. The summed E-state index contributed by atoms with van der Waals surface area (Å²) in [6.07, 6.45) is 0. The molecule has 0 heterocycles. The fraction of sp³-hybridized carbons (Fsp3) is 0. The first-order chi connectivity index (χ1) is 9.90. The molecule has 8 heteroatoms. The van der Waals surface area contributed by atoms with Crippen molar-refractivity contribution >= 4 is 28.9 Å². The monoisotopic (exact) mass is 307 g/mol. The number of benzene rings is 2. The zero-order chi connectivity index (χ0) is 15.6. The zero-order valence-electron chi connectivity index (χ0n) is 10.6. The molecule has 0 unspecified atom stereocenters. The maximum absolute atomic E-state index is 11.1. The Bertz CT molecular complexity index is 713. The van der Waals surface area contributed by atoms with Crippen LogP contribution in [0.2, 0.25) is 5.02 Å². The molecule has 0 saturated carbocycles. The van der Waals surface area contributed by atoms with Gasteiger partial charge < -0.3 is 16.2 Å². The number of nitro groups is 1.